The molecule has 0 unspecified atom stereocenters. The van der Waals surface area contributed by atoms with Crippen LogP contribution in [0, 0.1) is 5.92 Å². The van der Waals surface area contributed by atoms with Crippen molar-refractivity contribution in [3.8, 4) is 5.69 Å². The highest BCUT2D eigenvalue weighted by molar-refractivity contribution is 7.80. The first-order valence-electron chi connectivity index (χ1n) is 13.9. The average Bonchev–Trinajstić information content (AvgIpc) is 3.62. The molecule has 0 bridgehead atoms. The molecular weight excluding hydrogens is 554 g/mol. The van der Waals surface area contributed by atoms with Gasteiger partial charge in [0.2, 0.25) is 0 Å². The van der Waals surface area contributed by atoms with Crippen LogP contribution in [0.5, 0.6) is 0 Å². The van der Waals surface area contributed by atoms with E-state index in [1.807, 2.05) is 54.7 Å². The number of carbonyl (C=O) groups excluding carboxylic acids is 1. The molecule has 7 nitrogen and oxygen atoms in total. The van der Waals surface area contributed by atoms with Crippen molar-refractivity contribution in [2.45, 2.75) is 31.8 Å². The summed E-state index contributed by atoms with van der Waals surface area (Å²) in [5, 5.41) is 4.83. The van der Waals surface area contributed by atoms with Gasteiger partial charge < -0.3 is 24.4 Å². The molecule has 0 spiro atoms. The van der Waals surface area contributed by atoms with Gasteiger partial charge in [-0.3, -0.25) is 4.98 Å². The van der Waals surface area contributed by atoms with E-state index in [1.54, 1.807) is 12.3 Å². The quantitative estimate of drug-likeness (QED) is 0.199. The summed E-state index contributed by atoms with van der Waals surface area (Å²) >= 11 is 12.9. The number of carbonyl (C=O) groups is 1. The maximum Gasteiger partial charge on any atom is 0.337 e. The number of hydrogen-bond acceptors (Lipinski definition) is 5. The molecule has 0 amide bonds. The minimum absolute atomic E-state index is 0.219. The van der Waals surface area contributed by atoms with Gasteiger partial charge in [0.25, 0.3) is 0 Å². The molecule has 2 aromatic heterocycles. The number of aromatic nitrogens is 2. The summed E-state index contributed by atoms with van der Waals surface area (Å²) in [7, 11) is 1.39. The number of thiocarbonyl (C=S) groups is 1. The number of anilines is 2. The number of methoxy groups -OCH3 is 1. The molecule has 2 fully saturated rings. The lowest BCUT2D eigenvalue weighted by atomic mass is 9.98. The fraction of sp³-hybridized carbons (Fsp3) is 0.281. The molecule has 2 aliphatic heterocycles. The molecule has 2 saturated heterocycles. The van der Waals surface area contributed by atoms with Crippen molar-refractivity contribution in [1.29, 1.82) is 0 Å². The van der Waals surface area contributed by atoms with Gasteiger partial charge in [-0.25, -0.2) is 4.79 Å². The molecule has 0 saturated carbocycles. The van der Waals surface area contributed by atoms with E-state index in [4.69, 9.17) is 28.6 Å². The van der Waals surface area contributed by atoms with Crippen molar-refractivity contribution in [3.63, 3.8) is 0 Å². The summed E-state index contributed by atoms with van der Waals surface area (Å²) in [4.78, 5) is 21.5. The van der Waals surface area contributed by atoms with Crippen molar-refractivity contribution in [3.05, 3.63) is 107 Å². The van der Waals surface area contributed by atoms with Crippen LogP contribution >= 0.6 is 23.8 Å². The van der Waals surface area contributed by atoms with Crippen LogP contribution in [0.1, 0.15) is 53.6 Å². The Morgan fingerprint density at radius 1 is 1.02 bits per heavy atom. The number of halogens is 1. The second-order valence-electron chi connectivity index (χ2n) is 10.6. The van der Waals surface area contributed by atoms with Crippen LogP contribution in [0.2, 0.25) is 5.02 Å². The highest BCUT2D eigenvalue weighted by Gasteiger charge is 2.42. The van der Waals surface area contributed by atoms with Crippen molar-refractivity contribution in [1.82, 2.24) is 14.9 Å². The van der Waals surface area contributed by atoms with Crippen LogP contribution in [0.15, 0.2) is 85.2 Å². The van der Waals surface area contributed by atoms with Gasteiger partial charge in [0.15, 0.2) is 5.11 Å². The minimum atomic E-state index is -0.379. The molecule has 41 heavy (non-hydrogen) atoms. The van der Waals surface area contributed by atoms with Gasteiger partial charge in [0.1, 0.15) is 6.04 Å². The molecule has 210 valence electrons. The fourth-order valence-electron chi connectivity index (χ4n) is 5.86. The van der Waals surface area contributed by atoms with Gasteiger partial charge in [-0.15, -0.1) is 0 Å². The zero-order valence-electron chi connectivity index (χ0n) is 23.0. The number of pyridine rings is 1. The van der Waals surface area contributed by atoms with Crippen LogP contribution in [0.25, 0.3) is 5.69 Å². The van der Waals surface area contributed by atoms with Crippen LogP contribution in [0.4, 0.5) is 11.4 Å². The third kappa shape index (κ3) is 5.29. The molecule has 9 heteroatoms. The van der Waals surface area contributed by atoms with E-state index in [0.717, 1.165) is 47.5 Å². The molecule has 4 aromatic rings. The maximum absolute atomic E-state index is 12.3. The second kappa shape index (κ2) is 11.5. The predicted molar refractivity (Wildman–Crippen MR) is 167 cm³/mol. The number of hydrogen-bond donors (Lipinski definition) is 1. The molecule has 1 N–H and O–H groups in total. The number of nitrogens with one attached hydrogen (secondary N) is 1. The lowest BCUT2D eigenvalue weighted by Gasteiger charge is -2.33. The minimum Gasteiger partial charge on any atom is -0.465 e. The zero-order chi connectivity index (χ0) is 28.5. The number of benzene rings is 2. The fourth-order valence-corrected chi connectivity index (χ4v) is 6.50. The molecule has 2 aliphatic rings. The van der Waals surface area contributed by atoms with Crippen LogP contribution < -0.4 is 15.1 Å². The Morgan fingerprint density at radius 3 is 2.59 bits per heavy atom. The van der Waals surface area contributed by atoms with E-state index in [-0.39, 0.29) is 18.1 Å². The van der Waals surface area contributed by atoms with Gasteiger partial charge in [0.05, 0.1) is 35.1 Å². The van der Waals surface area contributed by atoms with Crippen LogP contribution in [-0.2, 0) is 4.74 Å². The molecule has 6 rings (SSSR count). The number of rotatable bonds is 6. The smallest absolute Gasteiger partial charge is 0.337 e. The largest absolute Gasteiger partial charge is 0.465 e. The first-order chi connectivity index (χ1) is 19.9. The Morgan fingerprint density at radius 2 is 1.85 bits per heavy atom. The van der Waals surface area contributed by atoms with E-state index >= 15 is 0 Å². The normalized spacial score (nSPS) is 19.3. The first-order valence-corrected chi connectivity index (χ1v) is 14.6. The summed E-state index contributed by atoms with van der Waals surface area (Å²) < 4.78 is 7.05. The Kier molecular flexibility index (Phi) is 7.69. The van der Waals surface area contributed by atoms with Gasteiger partial charge >= 0.3 is 5.97 Å². The average molecular weight is 586 g/mol. The van der Waals surface area contributed by atoms with E-state index in [1.165, 1.54) is 20.0 Å². The number of piperidine rings is 1. The summed E-state index contributed by atoms with van der Waals surface area (Å²) in [6.07, 6.45) is 6.12. The zero-order valence-corrected chi connectivity index (χ0v) is 24.6. The molecule has 4 heterocycles. The summed E-state index contributed by atoms with van der Waals surface area (Å²) in [5.74, 6) is 0.362. The predicted octanol–water partition coefficient (Wildman–Crippen LogP) is 6.73. The summed E-state index contributed by atoms with van der Waals surface area (Å²) in [6, 6.07) is 23.2. The van der Waals surface area contributed by atoms with E-state index < -0.39 is 0 Å². The van der Waals surface area contributed by atoms with Gasteiger partial charge in [-0.05, 0) is 91.6 Å². The Hall–Kier alpha value is -3.88. The van der Waals surface area contributed by atoms with Crippen molar-refractivity contribution < 1.29 is 9.53 Å². The summed E-state index contributed by atoms with van der Waals surface area (Å²) in [6.45, 7) is 4.32. The third-order valence-corrected chi connectivity index (χ3v) is 8.68. The summed E-state index contributed by atoms with van der Waals surface area (Å²) in [5.41, 5.74) is 5.15. The maximum atomic E-state index is 12.3. The van der Waals surface area contributed by atoms with Crippen LogP contribution in [0.3, 0.4) is 0 Å². The molecular formula is C32H32ClN5O2S. The van der Waals surface area contributed by atoms with Gasteiger partial charge in [-0.1, -0.05) is 30.7 Å². The molecule has 0 aliphatic carbocycles. The first kappa shape index (κ1) is 27.3. The lowest BCUT2D eigenvalue weighted by Crippen LogP contribution is -2.33. The molecule has 2 atom stereocenters. The van der Waals surface area contributed by atoms with E-state index in [2.05, 4.69) is 49.8 Å². The Bertz CT molecular complexity index is 1570. The standard InChI is InChI=1S/C32H32ClN5O2S/c1-21-13-17-36(18-14-21)27-12-11-24(20-25(27)33)38-30(29(35-32(38)41)26-9-3-4-15-34-26)28-10-6-16-37(28)23-8-5-7-22(19-23)31(39)40-2/h3-12,15-16,19-21,29-30H,13-14,17-18H2,1-2H3,(H,35,41)/t29-,30+/m0/s1. The number of esters is 1. The van der Waals surface area contributed by atoms with E-state index in [0.29, 0.717) is 15.7 Å². The highest BCUT2D eigenvalue weighted by Crippen LogP contribution is 2.44. The molecule has 2 aromatic carbocycles. The SMILES string of the molecule is COC(=O)c1cccc(-n2cccc2[C@@H]2[C@H](c3ccccn3)NC(=S)N2c2ccc(N3CCC(C)CC3)c(Cl)c2)c1. The third-order valence-electron chi connectivity index (χ3n) is 8.06. The lowest BCUT2D eigenvalue weighted by molar-refractivity contribution is 0.0600. The monoisotopic (exact) mass is 585 g/mol. The van der Waals surface area contributed by atoms with Crippen molar-refractivity contribution in [2.24, 2.45) is 5.92 Å². The topological polar surface area (TPSA) is 62.6 Å². The van der Waals surface area contributed by atoms with Crippen molar-refractivity contribution >= 4 is 46.3 Å². The molecule has 0 radical (unpaired) electrons. The Labute approximate surface area is 250 Å². The van der Waals surface area contributed by atoms with E-state index in [9.17, 15) is 4.79 Å². The van der Waals surface area contributed by atoms with Gasteiger partial charge in [0, 0.05) is 42.6 Å². The van der Waals surface area contributed by atoms with Crippen LogP contribution in [-0.4, -0.2) is 40.8 Å². The number of nitrogens with zero attached hydrogens (tertiary/aromatic N) is 4. The second-order valence-corrected chi connectivity index (χ2v) is 11.4. The van der Waals surface area contributed by atoms with Crippen molar-refractivity contribution in [2.75, 3.05) is 30.0 Å². The Balaban J connectivity index is 1.42. The van der Waals surface area contributed by atoms with Gasteiger partial charge in [-0.2, -0.15) is 0 Å². The highest BCUT2D eigenvalue weighted by atomic mass is 35.5. The number of ether oxygens (including phenoxy) is 1.